The highest BCUT2D eigenvalue weighted by atomic mass is 79.9. The molecule has 1 amide bonds. The van der Waals surface area contributed by atoms with Gasteiger partial charge < -0.3 is 10.1 Å². The summed E-state index contributed by atoms with van der Waals surface area (Å²) >= 11 is 3.31. The Morgan fingerprint density at radius 1 is 1.61 bits per heavy atom. The van der Waals surface area contributed by atoms with Crippen LogP contribution in [0.5, 0.6) is 5.75 Å². The number of carbonyl (C=O) groups is 1. The topological polar surface area (TPSA) is 62.1 Å². The van der Waals surface area contributed by atoms with E-state index >= 15 is 0 Å². The molecule has 0 spiro atoms. The number of nitriles is 1. The summed E-state index contributed by atoms with van der Waals surface area (Å²) in [6.07, 6.45) is 1.49. The van der Waals surface area contributed by atoms with Gasteiger partial charge in [-0.05, 0) is 40.5 Å². The first-order valence-corrected chi connectivity index (χ1v) is 6.45. The molecule has 18 heavy (non-hydrogen) atoms. The summed E-state index contributed by atoms with van der Waals surface area (Å²) < 4.78 is 5.75. The van der Waals surface area contributed by atoms with Crippen molar-refractivity contribution >= 4 is 21.8 Å². The number of amides is 1. The lowest BCUT2D eigenvalue weighted by Crippen LogP contribution is -2.33. The number of rotatable bonds is 5. The van der Waals surface area contributed by atoms with Crippen molar-refractivity contribution in [3.05, 3.63) is 28.2 Å². The summed E-state index contributed by atoms with van der Waals surface area (Å²) in [5.74, 6) is 0.327. The maximum atomic E-state index is 12.0. The minimum absolute atomic E-state index is 0.277. The van der Waals surface area contributed by atoms with Crippen molar-refractivity contribution in [2.75, 3.05) is 7.11 Å². The molecular formula is C13H15BrN2O2. The predicted octanol–water partition coefficient (Wildman–Crippen LogP) is 2.88. The molecule has 0 aliphatic heterocycles. The molecule has 0 aromatic heterocycles. The Hall–Kier alpha value is -1.54. The van der Waals surface area contributed by atoms with Crippen molar-refractivity contribution in [1.29, 1.82) is 5.26 Å². The predicted molar refractivity (Wildman–Crippen MR) is 72.5 cm³/mol. The van der Waals surface area contributed by atoms with Gasteiger partial charge in [-0.3, -0.25) is 4.79 Å². The zero-order chi connectivity index (χ0) is 13.5. The molecule has 0 saturated carbocycles. The van der Waals surface area contributed by atoms with E-state index in [1.807, 2.05) is 6.92 Å². The van der Waals surface area contributed by atoms with E-state index in [1.165, 1.54) is 0 Å². The van der Waals surface area contributed by atoms with E-state index in [1.54, 1.807) is 25.3 Å². The van der Waals surface area contributed by atoms with Gasteiger partial charge in [0.1, 0.15) is 11.8 Å². The summed E-state index contributed by atoms with van der Waals surface area (Å²) in [6, 6.07) is 6.76. The second-order valence-corrected chi connectivity index (χ2v) is 4.64. The second kappa shape index (κ2) is 7.02. The lowest BCUT2D eigenvalue weighted by Gasteiger charge is -2.12. The van der Waals surface area contributed by atoms with E-state index < -0.39 is 6.04 Å². The molecule has 0 heterocycles. The van der Waals surface area contributed by atoms with E-state index in [0.717, 1.165) is 6.42 Å². The Bertz CT molecular complexity index is 469. The van der Waals surface area contributed by atoms with Gasteiger partial charge in [-0.25, -0.2) is 0 Å². The molecule has 0 aliphatic rings. The number of hydrogen-bond donors (Lipinski definition) is 1. The van der Waals surface area contributed by atoms with Gasteiger partial charge in [0, 0.05) is 4.47 Å². The van der Waals surface area contributed by atoms with Crippen LogP contribution in [0.2, 0.25) is 0 Å². The van der Waals surface area contributed by atoms with E-state index in [2.05, 4.69) is 27.3 Å². The summed E-state index contributed by atoms with van der Waals surface area (Å²) in [5, 5.41) is 11.6. The fourth-order valence-corrected chi connectivity index (χ4v) is 1.93. The van der Waals surface area contributed by atoms with Gasteiger partial charge >= 0.3 is 0 Å². The van der Waals surface area contributed by atoms with Gasteiger partial charge in [0.2, 0.25) is 0 Å². The van der Waals surface area contributed by atoms with Crippen LogP contribution in [-0.2, 0) is 0 Å². The molecule has 0 bridgehead atoms. The maximum Gasteiger partial charge on any atom is 0.253 e. The standard InChI is InChI=1S/C13H15BrN2O2/c1-3-4-9(8-15)16-13(17)11-7-10(18-2)5-6-12(11)14/h5-7,9H,3-4H2,1-2H3,(H,16,17). The molecule has 0 radical (unpaired) electrons. The zero-order valence-electron chi connectivity index (χ0n) is 10.4. The Morgan fingerprint density at radius 3 is 2.89 bits per heavy atom. The van der Waals surface area contributed by atoms with Gasteiger partial charge in [0.15, 0.2) is 0 Å². The van der Waals surface area contributed by atoms with Crippen molar-refractivity contribution in [2.45, 2.75) is 25.8 Å². The van der Waals surface area contributed by atoms with Gasteiger partial charge in [0.05, 0.1) is 18.7 Å². The van der Waals surface area contributed by atoms with E-state index in [0.29, 0.717) is 22.2 Å². The van der Waals surface area contributed by atoms with Crippen LogP contribution >= 0.6 is 15.9 Å². The van der Waals surface area contributed by atoms with E-state index in [9.17, 15) is 4.79 Å². The van der Waals surface area contributed by atoms with Crippen LogP contribution < -0.4 is 10.1 Å². The number of ether oxygens (including phenoxy) is 1. The lowest BCUT2D eigenvalue weighted by atomic mass is 10.1. The first-order chi connectivity index (χ1) is 8.62. The molecule has 1 unspecified atom stereocenters. The SMILES string of the molecule is CCCC(C#N)NC(=O)c1cc(OC)ccc1Br. The molecule has 1 aromatic rings. The third kappa shape index (κ3) is 3.74. The summed E-state index contributed by atoms with van der Waals surface area (Å²) in [6.45, 7) is 1.97. The smallest absolute Gasteiger partial charge is 0.253 e. The van der Waals surface area contributed by atoms with Crippen molar-refractivity contribution < 1.29 is 9.53 Å². The zero-order valence-corrected chi connectivity index (χ0v) is 12.0. The number of methoxy groups -OCH3 is 1. The fraction of sp³-hybridized carbons (Fsp3) is 0.385. The van der Waals surface area contributed by atoms with Crippen molar-refractivity contribution in [3.63, 3.8) is 0 Å². The molecule has 4 nitrogen and oxygen atoms in total. The third-order valence-electron chi connectivity index (χ3n) is 2.46. The Labute approximate surface area is 115 Å². The van der Waals surface area contributed by atoms with Crippen molar-refractivity contribution in [2.24, 2.45) is 0 Å². The van der Waals surface area contributed by atoms with Crippen LogP contribution in [0, 0.1) is 11.3 Å². The second-order valence-electron chi connectivity index (χ2n) is 3.79. The number of carbonyl (C=O) groups excluding carboxylic acids is 1. The lowest BCUT2D eigenvalue weighted by molar-refractivity contribution is 0.0942. The Balaban J connectivity index is 2.86. The normalized spacial score (nSPS) is 11.4. The molecule has 1 N–H and O–H groups in total. The Kier molecular flexibility index (Phi) is 5.66. The van der Waals surface area contributed by atoms with Gasteiger partial charge in [-0.15, -0.1) is 0 Å². The molecule has 0 fully saturated rings. The average Bonchev–Trinajstić information content (AvgIpc) is 2.38. The van der Waals surface area contributed by atoms with Gasteiger partial charge in [0.25, 0.3) is 5.91 Å². The van der Waals surface area contributed by atoms with E-state index in [4.69, 9.17) is 10.00 Å². The Morgan fingerprint density at radius 2 is 2.33 bits per heavy atom. The summed E-state index contributed by atoms with van der Waals surface area (Å²) in [4.78, 5) is 12.0. The summed E-state index contributed by atoms with van der Waals surface area (Å²) in [5.41, 5.74) is 0.464. The molecule has 0 saturated heterocycles. The monoisotopic (exact) mass is 310 g/mol. The highest BCUT2D eigenvalue weighted by Crippen LogP contribution is 2.22. The molecule has 96 valence electrons. The third-order valence-corrected chi connectivity index (χ3v) is 3.15. The molecule has 1 rings (SSSR count). The first kappa shape index (κ1) is 14.5. The molecule has 5 heteroatoms. The van der Waals surface area contributed by atoms with Crippen LogP contribution in [0.15, 0.2) is 22.7 Å². The number of nitrogens with one attached hydrogen (secondary N) is 1. The number of benzene rings is 1. The van der Waals surface area contributed by atoms with Crippen molar-refractivity contribution in [3.8, 4) is 11.8 Å². The van der Waals surface area contributed by atoms with Crippen LogP contribution in [0.1, 0.15) is 30.1 Å². The largest absolute Gasteiger partial charge is 0.497 e. The molecule has 1 aromatic carbocycles. The fourth-order valence-electron chi connectivity index (χ4n) is 1.50. The maximum absolute atomic E-state index is 12.0. The molecule has 1 atom stereocenters. The highest BCUT2D eigenvalue weighted by molar-refractivity contribution is 9.10. The molecule has 0 aliphatic carbocycles. The number of halogens is 1. The van der Waals surface area contributed by atoms with Gasteiger partial charge in [-0.1, -0.05) is 13.3 Å². The van der Waals surface area contributed by atoms with Crippen LogP contribution in [0.4, 0.5) is 0 Å². The van der Waals surface area contributed by atoms with Gasteiger partial charge in [-0.2, -0.15) is 5.26 Å². The molecular weight excluding hydrogens is 296 g/mol. The minimum atomic E-state index is -0.458. The quantitative estimate of drug-likeness (QED) is 0.909. The van der Waals surface area contributed by atoms with Crippen LogP contribution in [0.3, 0.4) is 0 Å². The first-order valence-electron chi connectivity index (χ1n) is 5.66. The van der Waals surface area contributed by atoms with Crippen LogP contribution in [-0.4, -0.2) is 19.1 Å². The van der Waals surface area contributed by atoms with E-state index in [-0.39, 0.29) is 5.91 Å². The minimum Gasteiger partial charge on any atom is -0.497 e. The number of nitrogens with zero attached hydrogens (tertiary/aromatic N) is 1. The average molecular weight is 311 g/mol. The van der Waals surface area contributed by atoms with Crippen LogP contribution in [0.25, 0.3) is 0 Å². The highest BCUT2D eigenvalue weighted by Gasteiger charge is 2.15. The summed E-state index contributed by atoms with van der Waals surface area (Å²) in [7, 11) is 1.54. The number of hydrogen-bond acceptors (Lipinski definition) is 3. The van der Waals surface area contributed by atoms with Crippen molar-refractivity contribution in [1.82, 2.24) is 5.32 Å².